The van der Waals surface area contributed by atoms with Crippen LogP contribution in [0.15, 0.2) is 52.5 Å². The summed E-state index contributed by atoms with van der Waals surface area (Å²) in [5.74, 6) is 0.0597. The van der Waals surface area contributed by atoms with Crippen molar-refractivity contribution in [3.8, 4) is 5.75 Å². The summed E-state index contributed by atoms with van der Waals surface area (Å²) in [6.07, 6.45) is 3.61. The fraction of sp³-hybridized carbons (Fsp3) is 0.0667. The lowest BCUT2D eigenvalue weighted by molar-refractivity contribution is -0.121. The van der Waals surface area contributed by atoms with Gasteiger partial charge in [-0.2, -0.15) is 0 Å². The van der Waals surface area contributed by atoms with Gasteiger partial charge in [0.1, 0.15) is 5.75 Å². The molecule has 5 nitrogen and oxygen atoms in total. The van der Waals surface area contributed by atoms with Crippen LogP contribution in [0, 0.1) is 0 Å². The number of aromatic amines is 1. The maximum Gasteiger partial charge on any atom is 0.266 e. The number of likely N-dealkylation sites (N-methyl/N-ethyl adjacent to an activating group) is 1. The molecule has 0 aliphatic carbocycles. The molecule has 6 heteroatoms. The fourth-order valence-corrected chi connectivity index (χ4v) is 2.88. The third-order valence-electron chi connectivity index (χ3n) is 2.97. The predicted octanol–water partition coefficient (Wildman–Crippen LogP) is 2.95. The van der Waals surface area contributed by atoms with E-state index in [4.69, 9.17) is 0 Å². The number of thioether (sulfide) groups is 1. The van der Waals surface area contributed by atoms with Gasteiger partial charge in [0.15, 0.2) is 5.17 Å². The van der Waals surface area contributed by atoms with Crippen molar-refractivity contribution >= 4 is 34.6 Å². The Bertz CT molecular complexity index is 735. The lowest BCUT2D eigenvalue weighted by atomic mass is 10.3. The van der Waals surface area contributed by atoms with Gasteiger partial charge in [-0.25, -0.2) is 4.99 Å². The average molecular weight is 299 g/mol. The molecule has 106 valence electrons. The summed E-state index contributed by atoms with van der Waals surface area (Å²) in [6, 6.07) is 10.4. The number of aromatic hydroxyl groups is 1. The number of nitrogens with zero attached hydrogens (tertiary/aromatic N) is 2. The standard InChI is InChI=1S/C15H13N3O2S/c1-18-14(20)13(9-10-5-3-7-16-10)21-15(18)17-11-4-2-6-12(19)8-11/h2-9,16,19H,1H3/b13-9-,17-15?. The number of amidine groups is 1. The molecule has 0 saturated carbocycles. The first-order valence-corrected chi connectivity index (χ1v) is 7.14. The normalized spacial score (nSPS) is 18.9. The van der Waals surface area contributed by atoms with Crippen LogP contribution in [0.1, 0.15) is 5.69 Å². The van der Waals surface area contributed by atoms with E-state index in [1.165, 1.54) is 16.7 Å². The zero-order chi connectivity index (χ0) is 14.8. The van der Waals surface area contributed by atoms with Gasteiger partial charge in [-0.05, 0) is 42.1 Å². The summed E-state index contributed by atoms with van der Waals surface area (Å²) in [5.41, 5.74) is 1.48. The highest BCUT2D eigenvalue weighted by molar-refractivity contribution is 8.18. The minimum atomic E-state index is -0.0893. The Morgan fingerprint density at radius 1 is 1.33 bits per heavy atom. The molecule has 0 atom stereocenters. The first-order valence-electron chi connectivity index (χ1n) is 6.32. The summed E-state index contributed by atoms with van der Waals surface area (Å²) < 4.78 is 0. The van der Waals surface area contributed by atoms with Crippen LogP contribution in [0.2, 0.25) is 0 Å². The quantitative estimate of drug-likeness (QED) is 0.838. The van der Waals surface area contributed by atoms with E-state index in [1.54, 1.807) is 37.4 Å². The van der Waals surface area contributed by atoms with E-state index in [2.05, 4.69) is 9.98 Å². The molecule has 0 radical (unpaired) electrons. The van der Waals surface area contributed by atoms with Crippen molar-refractivity contribution in [3.05, 3.63) is 53.2 Å². The average Bonchev–Trinajstić information content (AvgIpc) is 3.05. The van der Waals surface area contributed by atoms with Gasteiger partial charge in [-0.3, -0.25) is 9.69 Å². The Morgan fingerprint density at radius 3 is 2.90 bits per heavy atom. The van der Waals surface area contributed by atoms with Gasteiger partial charge < -0.3 is 10.1 Å². The summed E-state index contributed by atoms with van der Waals surface area (Å²) in [6.45, 7) is 0. The molecule has 0 unspecified atom stereocenters. The molecule has 2 N–H and O–H groups in total. The number of hydrogen-bond donors (Lipinski definition) is 2. The molecule has 1 amide bonds. The van der Waals surface area contributed by atoms with Crippen molar-refractivity contribution in [3.63, 3.8) is 0 Å². The fourth-order valence-electron chi connectivity index (χ4n) is 1.90. The monoisotopic (exact) mass is 299 g/mol. The highest BCUT2D eigenvalue weighted by Crippen LogP contribution is 2.33. The Kier molecular flexibility index (Phi) is 3.53. The number of H-pyrrole nitrogens is 1. The summed E-state index contributed by atoms with van der Waals surface area (Å²) in [5, 5.41) is 10.0. The summed E-state index contributed by atoms with van der Waals surface area (Å²) in [4.78, 5) is 21.7. The molecule has 1 aromatic heterocycles. The van der Waals surface area contributed by atoms with E-state index in [0.717, 1.165) is 5.69 Å². The smallest absolute Gasteiger partial charge is 0.266 e. The van der Waals surface area contributed by atoms with Gasteiger partial charge in [0.05, 0.1) is 10.6 Å². The van der Waals surface area contributed by atoms with Crippen LogP contribution in [0.25, 0.3) is 6.08 Å². The first kappa shape index (κ1) is 13.5. The number of hydrogen-bond acceptors (Lipinski definition) is 4. The highest BCUT2D eigenvalue weighted by atomic mass is 32.2. The molecule has 1 aromatic carbocycles. The molecule has 2 heterocycles. The zero-order valence-corrected chi connectivity index (χ0v) is 12.1. The molecule has 1 aliphatic heterocycles. The van der Waals surface area contributed by atoms with Crippen LogP contribution < -0.4 is 0 Å². The Hall–Kier alpha value is -2.47. The Balaban J connectivity index is 1.90. The Labute approximate surface area is 126 Å². The van der Waals surface area contributed by atoms with Crippen LogP contribution in [-0.2, 0) is 4.79 Å². The van der Waals surface area contributed by atoms with Crippen molar-refractivity contribution in [2.45, 2.75) is 0 Å². The van der Waals surface area contributed by atoms with Crippen LogP contribution in [0.3, 0.4) is 0 Å². The number of carbonyl (C=O) groups excluding carboxylic acids is 1. The lowest BCUT2D eigenvalue weighted by Gasteiger charge is -2.07. The molecule has 3 rings (SSSR count). The van der Waals surface area contributed by atoms with Crippen molar-refractivity contribution < 1.29 is 9.90 Å². The minimum Gasteiger partial charge on any atom is -0.508 e. The van der Waals surface area contributed by atoms with E-state index in [0.29, 0.717) is 15.8 Å². The molecular weight excluding hydrogens is 286 g/mol. The van der Waals surface area contributed by atoms with Crippen LogP contribution in [-0.4, -0.2) is 33.1 Å². The van der Waals surface area contributed by atoms with Gasteiger partial charge >= 0.3 is 0 Å². The minimum absolute atomic E-state index is 0.0893. The van der Waals surface area contributed by atoms with E-state index in [9.17, 15) is 9.90 Å². The second kappa shape index (κ2) is 5.49. The molecule has 1 fully saturated rings. The first-order chi connectivity index (χ1) is 10.1. The number of rotatable bonds is 2. The van der Waals surface area contributed by atoms with Crippen LogP contribution >= 0.6 is 11.8 Å². The summed E-state index contributed by atoms with van der Waals surface area (Å²) in [7, 11) is 1.69. The van der Waals surface area contributed by atoms with Crippen molar-refractivity contribution in [1.29, 1.82) is 0 Å². The third kappa shape index (κ3) is 2.85. The largest absolute Gasteiger partial charge is 0.508 e. The SMILES string of the molecule is CN1C(=O)/C(=C/c2ccc[nH]2)SC1=Nc1cccc(O)c1. The van der Waals surface area contributed by atoms with Gasteiger partial charge in [-0.15, -0.1) is 0 Å². The zero-order valence-electron chi connectivity index (χ0n) is 11.3. The van der Waals surface area contributed by atoms with Crippen LogP contribution in [0.5, 0.6) is 5.75 Å². The predicted molar refractivity (Wildman–Crippen MR) is 84.3 cm³/mol. The second-order valence-electron chi connectivity index (χ2n) is 4.51. The van der Waals surface area contributed by atoms with Crippen molar-refractivity contribution in [1.82, 2.24) is 9.88 Å². The van der Waals surface area contributed by atoms with Gasteiger partial charge in [0.25, 0.3) is 5.91 Å². The molecular formula is C15H13N3O2S. The van der Waals surface area contributed by atoms with Gasteiger partial charge in [0, 0.05) is 25.0 Å². The number of aromatic nitrogens is 1. The van der Waals surface area contributed by atoms with Gasteiger partial charge in [0.2, 0.25) is 0 Å². The number of phenols is 1. The third-order valence-corrected chi connectivity index (χ3v) is 4.03. The van der Waals surface area contributed by atoms with Crippen molar-refractivity contribution in [2.24, 2.45) is 4.99 Å². The number of benzene rings is 1. The number of nitrogens with one attached hydrogen (secondary N) is 1. The number of phenolic OH excluding ortho intramolecular Hbond substituents is 1. The number of aliphatic imine (C=N–C) groups is 1. The van der Waals surface area contributed by atoms with Crippen LogP contribution in [0.4, 0.5) is 5.69 Å². The molecule has 1 aliphatic rings. The molecule has 21 heavy (non-hydrogen) atoms. The van der Waals surface area contributed by atoms with Gasteiger partial charge in [-0.1, -0.05) is 6.07 Å². The second-order valence-corrected chi connectivity index (χ2v) is 5.52. The number of amides is 1. The lowest BCUT2D eigenvalue weighted by Crippen LogP contribution is -2.23. The maximum atomic E-state index is 12.2. The molecule has 0 bridgehead atoms. The Morgan fingerprint density at radius 2 is 2.19 bits per heavy atom. The highest BCUT2D eigenvalue weighted by Gasteiger charge is 2.30. The van der Waals surface area contributed by atoms with E-state index in [-0.39, 0.29) is 11.7 Å². The molecule has 1 saturated heterocycles. The number of carbonyl (C=O) groups is 1. The molecule has 0 spiro atoms. The van der Waals surface area contributed by atoms with E-state index >= 15 is 0 Å². The molecule has 2 aromatic rings. The maximum absolute atomic E-state index is 12.2. The van der Waals surface area contributed by atoms with Crippen molar-refractivity contribution in [2.75, 3.05) is 7.05 Å². The summed E-state index contributed by atoms with van der Waals surface area (Å²) >= 11 is 1.31. The topological polar surface area (TPSA) is 68.7 Å². The van der Waals surface area contributed by atoms with E-state index in [1.807, 2.05) is 18.3 Å². The van der Waals surface area contributed by atoms with E-state index < -0.39 is 0 Å².